The second kappa shape index (κ2) is 6.96. The molecule has 27 heavy (non-hydrogen) atoms. The zero-order valence-corrected chi connectivity index (χ0v) is 15.3. The van der Waals surface area contributed by atoms with Gasteiger partial charge in [-0.05, 0) is 43.4 Å². The molecule has 2 heterocycles. The number of hydrazone groups is 1. The van der Waals surface area contributed by atoms with Crippen molar-refractivity contribution in [3.8, 4) is 11.5 Å². The van der Waals surface area contributed by atoms with Crippen LogP contribution in [0.15, 0.2) is 59.7 Å². The largest absolute Gasteiger partial charge is 0.375 e. The van der Waals surface area contributed by atoms with Crippen LogP contribution in [0, 0.1) is 6.92 Å². The Hall–Kier alpha value is -3.59. The lowest BCUT2D eigenvalue weighted by atomic mass is 10.2. The summed E-state index contributed by atoms with van der Waals surface area (Å²) >= 11 is 4.81. The number of hydrogen-bond acceptors (Lipinski definition) is 5. The molecule has 4 aromatic rings. The molecule has 0 atom stereocenters. The van der Waals surface area contributed by atoms with Crippen LogP contribution >= 0.6 is 12.2 Å². The minimum atomic E-state index is 0.0899. The van der Waals surface area contributed by atoms with E-state index in [-0.39, 0.29) is 5.11 Å². The summed E-state index contributed by atoms with van der Waals surface area (Å²) in [5.74, 6) is 0.723. The highest BCUT2D eigenvalue weighted by Gasteiger charge is 2.20. The van der Waals surface area contributed by atoms with Gasteiger partial charge in [0.25, 0.3) is 0 Å². The fourth-order valence-electron chi connectivity index (χ4n) is 2.82. The normalized spacial score (nSPS) is 11.3. The summed E-state index contributed by atoms with van der Waals surface area (Å²) in [6.45, 7) is 1.91. The number of nitrogens with one attached hydrogen (secondary N) is 1. The van der Waals surface area contributed by atoms with Gasteiger partial charge >= 0.3 is 0 Å². The van der Waals surface area contributed by atoms with Gasteiger partial charge in [0.2, 0.25) is 0 Å². The van der Waals surface area contributed by atoms with Crippen molar-refractivity contribution in [2.75, 3.05) is 0 Å². The van der Waals surface area contributed by atoms with Crippen molar-refractivity contribution >= 4 is 34.6 Å². The molecule has 0 amide bonds. The molecule has 0 bridgehead atoms. The first-order chi connectivity index (χ1) is 13.1. The second-order valence-electron chi connectivity index (χ2n) is 5.79. The number of fused-ring (bicyclic) bond motifs is 1. The highest BCUT2D eigenvalue weighted by atomic mass is 32.1. The van der Waals surface area contributed by atoms with Gasteiger partial charge < -0.3 is 5.73 Å². The molecular formula is C18H16N8S. The molecule has 2 aromatic heterocycles. The third-order valence-corrected chi connectivity index (χ3v) is 4.09. The monoisotopic (exact) mass is 376 g/mol. The number of nitrogens with two attached hydrogens (primary N) is 1. The first kappa shape index (κ1) is 16.9. The number of rotatable bonds is 4. The van der Waals surface area contributed by atoms with E-state index in [4.69, 9.17) is 18.0 Å². The molecule has 0 spiro atoms. The lowest BCUT2D eigenvalue weighted by molar-refractivity contribution is 0.743. The van der Waals surface area contributed by atoms with Crippen molar-refractivity contribution in [2.24, 2.45) is 10.8 Å². The average molecular weight is 376 g/mol. The van der Waals surface area contributed by atoms with Crippen LogP contribution in [-0.2, 0) is 0 Å². The topological polar surface area (TPSA) is 98.9 Å². The van der Waals surface area contributed by atoms with E-state index in [2.05, 4.69) is 25.9 Å². The van der Waals surface area contributed by atoms with E-state index >= 15 is 0 Å². The van der Waals surface area contributed by atoms with Crippen LogP contribution in [0.4, 0.5) is 0 Å². The molecule has 0 aliphatic heterocycles. The van der Waals surface area contributed by atoms with Gasteiger partial charge in [-0.25, -0.2) is 4.68 Å². The third kappa shape index (κ3) is 3.15. The summed E-state index contributed by atoms with van der Waals surface area (Å²) in [7, 11) is 0. The lowest BCUT2D eigenvalue weighted by Crippen LogP contribution is -2.24. The minimum absolute atomic E-state index is 0.0899. The van der Waals surface area contributed by atoms with Crippen LogP contribution < -0.4 is 11.2 Å². The number of hydrogen-bond donors (Lipinski definition) is 2. The maximum absolute atomic E-state index is 5.46. The van der Waals surface area contributed by atoms with E-state index in [0.29, 0.717) is 0 Å². The van der Waals surface area contributed by atoms with Crippen LogP contribution in [0.3, 0.4) is 0 Å². The molecule has 9 heteroatoms. The van der Waals surface area contributed by atoms with Crippen LogP contribution in [0.5, 0.6) is 0 Å². The van der Waals surface area contributed by atoms with Gasteiger partial charge in [-0.2, -0.15) is 14.9 Å². The Bertz CT molecular complexity index is 1140. The Morgan fingerprint density at radius 2 is 1.85 bits per heavy atom. The van der Waals surface area contributed by atoms with Gasteiger partial charge in [-0.3, -0.25) is 5.43 Å². The predicted molar refractivity (Wildman–Crippen MR) is 108 cm³/mol. The summed E-state index contributed by atoms with van der Waals surface area (Å²) in [4.78, 5) is 0. The Kier molecular flexibility index (Phi) is 4.35. The van der Waals surface area contributed by atoms with E-state index < -0.39 is 0 Å². The number of thiocarbonyl (C=S) groups is 1. The first-order valence-electron chi connectivity index (χ1n) is 8.19. The summed E-state index contributed by atoms with van der Waals surface area (Å²) in [6.07, 6.45) is 1.63. The third-order valence-electron chi connectivity index (χ3n) is 4.00. The Balaban J connectivity index is 1.96. The number of aromatic nitrogens is 5. The van der Waals surface area contributed by atoms with E-state index in [9.17, 15) is 0 Å². The van der Waals surface area contributed by atoms with Gasteiger partial charge in [-0.1, -0.05) is 35.5 Å². The summed E-state index contributed by atoms with van der Waals surface area (Å²) in [5, 5.41) is 17.5. The molecule has 0 aliphatic rings. The van der Waals surface area contributed by atoms with Crippen molar-refractivity contribution in [2.45, 2.75) is 6.92 Å². The highest BCUT2D eigenvalue weighted by Crippen LogP contribution is 2.24. The zero-order valence-electron chi connectivity index (χ0n) is 14.4. The molecule has 3 N–H and O–H groups in total. The number of aryl methyl sites for hydroxylation is 1. The standard InChI is InChI=1S/C18H16N8S/c1-12-14(11-20-22-18(19)27)17(25(23-12)13-7-3-2-4-8-13)26-16-10-6-5-9-15(16)21-24-26/h2-11H,1H3,(H3,19,22,27). The molecular weight excluding hydrogens is 360 g/mol. The molecule has 0 unspecified atom stereocenters. The molecule has 8 nitrogen and oxygen atoms in total. The van der Waals surface area contributed by atoms with Crippen LogP contribution in [0.2, 0.25) is 0 Å². The fourth-order valence-corrected chi connectivity index (χ4v) is 2.87. The van der Waals surface area contributed by atoms with E-state index in [1.807, 2.05) is 66.2 Å². The number of para-hydroxylation sites is 2. The smallest absolute Gasteiger partial charge is 0.184 e. The van der Waals surface area contributed by atoms with Gasteiger partial charge in [0.15, 0.2) is 10.9 Å². The van der Waals surface area contributed by atoms with Crippen molar-refractivity contribution in [1.29, 1.82) is 0 Å². The van der Waals surface area contributed by atoms with Gasteiger partial charge in [0.1, 0.15) is 5.52 Å². The molecule has 0 radical (unpaired) electrons. The SMILES string of the molecule is Cc1nn(-c2ccccc2)c(-n2nnc3ccccc32)c1C=NNC(N)=S. The Labute approximate surface area is 160 Å². The molecule has 0 saturated heterocycles. The van der Waals surface area contributed by atoms with Crippen molar-refractivity contribution in [3.63, 3.8) is 0 Å². The highest BCUT2D eigenvalue weighted by molar-refractivity contribution is 7.80. The summed E-state index contributed by atoms with van der Waals surface area (Å²) in [6, 6.07) is 17.6. The zero-order chi connectivity index (χ0) is 18.8. The Morgan fingerprint density at radius 3 is 2.63 bits per heavy atom. The first-order valence-corrected chi connectivity index (χ1v) is 8.60. The van der Waals surface area contributed by atoms with Crippen LogP contribution in [-0.4, -0.2) is 36.1 Å². The fraction of sp³-hybridized carbons (Fsp3) is 0.0556. The number of benzene rings is 2. The lowest BCUT2D eigenvalue weighted by Gasteiger charge is -2.08. The minimum Gasteiger partial charge on any atom is -0.375 e. The summed E-state index contributed by atoms with van der Waals surface area (Å²) in [5.41, 5.74) is 12.1. The van der Waals surface area contributed by atoms with Crippen molar-refractivity contribution in [3.05, 3.63) is 65.9 Å². The Morgan fingerprint density at radius 1 is 1.11 bits per heavy atom. The van der Waals surface area contributed by atoms with E-state index in [1.165, 1.54) is 0 Å². The van der Waals surface area contributed by atoms with Gasteiger partial charge in [0.05, 0.1) is 28.7 Å². The van der Waals surface area contributed by atoms with Crippen molar-refractivity contribution in [1.82, 2.24) is 30.2 Å². The van der Waals surface area contributed by atoms with E-state index in [1.54, 1.807) is 10.9 Å². The van der Waals surface area contributed by atoms with Gasteiger partial charge in [-0.15, -0.1) is 5.10 Å². The van der Waals surface area contributed by atoms with E-state index in [0.717, 1.165) is 33.8 Å². The van der Waals surface area contributed by atoms with Crippen molar-refractivity contribution < 1.29 is 0 Å². The molecule has 0 saturated carbocycles. The van der Waals surface area contributed by atoms with Crippen LogP contribution in [0.1, 0.15) is 11.3 Å². The van der Waals surface area contributed by atoms with Crippen LogP contribution in [0.25, 0.3) is 22.5 Å². The maximum Gasteiger partial charge on any atom is 0.184 e. The quantitative estimate of drug-likeness (QED) is 0.321. The summed E-state index contributed by atoms with van der Waals surface area (Å²) < 4.78 is 3.57. The molecule has 0 fully saturated rings. The number of nitrogens with zero attached hydrogens (tertiary/aromatic N) is 6. The second-order valence-corrected chi connectivity index (χ2v) is 6.23. The molecule has 2 aromatic carbocycles. The average Bonchev–Trinajstić information content (AvgIpc) is 3.23. The molecule has 4 rings (SSSR count). The molecule has 134 valence electrons. The van der Waals surface area contributed by atoms with Gasteiger partial charge in [0, 0.05) is 0 Å². The predicted octanol–water partition coefficient (Wildman–Crippen LogP) is 2.08. The maximum atomic E-state index is 5.46. The molecule has 0 aliphatic carbocycles.